The van der Waals surface area contributed by atoms with Gasteiger partial charge in [0.1, 0.15) is 0 Å². The molecule has 0 spiro atoms. The Hall–Kier alpha value is -1.27. The van der Waals surface area contributed by atoms with E-state index in [1.54, 1.807) is 4.31 Å². The average molecular weight is 311 g/mol. The molecule has 1 unspecified atom stereocenters. The van der Waals surface area contributed by atoms with Gasteiger partial charge in [0.15, 0.2) is 0 Å². The third-order valence-corrected chi connectivity index (χ3v) is 5.34. The van der Waals surface area contributed by atoms with E-state index >= 15 is 0 Å². The van der Waals surface area contributed by atoms with Crippen molar-refractivity contribution >= 4 is 21.4 Å². The molecule has 1 aliphatic rings. The van der Waals surface area contributed by atoms with E-state index in [2.05, 4.69) is 11.8 Å². The maximum Gasteiger partial charge on any atom is 0.211 e. The molecule has 118 valence electrons. The van der Waals surface area contributed by atoms with Gasteiger partial charge in [0.05, 0.1) is 6.26 Å². The van der Waals surface area contributed by atoms with Gasteiger partial charge in [-0.2, -0.15) is 0 Å². The molecule has 0 bridgehead atoms. The zero-order valence-corrected chi connectivity index (χ0v) is 13.6. The van der Waals surface area contributed by atoms with E-state index < -0.39 is 10.0 Å². The number of hydrogen-bond acceptors (Lipinski definition) is 4. The number of rotatable bonds is 5. The number of benzene rings is 1. The molecular formula is C15H25N3O2S. The standard InChI is InChI=1S/C15H25N3O2S/c1-3-17(15-8-6-14(16)7-9-15)11-13-5-4-10-18(12-13)21(2,19)20/h6-9,13H,3-5,10-12,16H2,1-2H3. The van der Waals surface area contributed by atoms with Crippen molar-refractivity contribution in [3.05, 3.63) is 24.3 Å². The van der Waals surface area contributed by atoms with Gasteiger partial charge in [0, 0.05) is 37.6 Å². The van der Waals surface area contributed by atoms with Crippen molar-refractivity contribution in [1.82, 2.24) is 4.31 Å². The van der Waals surface area contributed by atoms with Crippen LogP contribution in [0.5, 0.6) is 0 Å². The minimum absolute atomic E-state index is 0.381. The minimum Gasteiger partial charge on any atom is -0.399 e. The zero-order valence-electron chi connectivity index (χ0n) is 12.8. The molecule has 21 heavy (non-hydrogen) atoms. The van der Waals surface area contributed by atoms with E-state index in [0.29, 0.717) is 19.0 Å². The molecule has 0 aromatic heterocycles. The SMILES string of the molecule is CCN(CC1CCCN(S(C)(=O)=O)C1)c1ccc(N)cc1. The first-order valence-corrected chi connectivity index (χ1v) is 9.30. The lowest BCUT2D eigenvalue weighted by Gasteiger charge is -2.35. The van der Waals surface area contributed by atoms with Crippen LogP contribution in [0.1, 0.15) is 19.8 Å². The lowest BCUT2D eigenvalue weighted by atomic mass is 9.99. The largest absolute Gasteiger partial charge is 0.399 e. The highest BCUT2D eigenvalue weighted by molar-refractivity contribution is 7.88. The van der Waals surface area contributed by atoms with Gasteiger partial charge in [-0.3, -0.25) is 0 Å². The molecule has 0 amide bonds. The maximum absolute atomic E-state index is 11.7. The number of nitrogens with zero attached hydrogens (tertiary/aromatic N) is 2. The van der Waals surface area contributed by atoms with Crippen molar-refractivity contribution < 1.29 is 8.42 Å². The summed E-state index contributed by atoms with van der Waals surface area (Å²) in [6.07, 6.45) is 3.32. The van der Waals surface area contributed by atoms with Crippen molar-refractivity contribution in [3.8, 4) is 0 Å². The van der Waals surface area contributed by atoms with Crippen LogP contribution >= 0.6 is 0 Å². The molecule has 6 heteroatoms. The van der Waals surface area contributed by atoms with Gasteiger partial charge in [0.2, 0.25) is 10.0 Å². The summed E-state index contributed by atoms with van der Waals surface area (Å²) in [5.41, 5.74) is 7.63. The second kappa shape index (κ2) is 6.66. The van der Waals surface area contributed by atoms with Crippen LogP contribution in [0.3, 0.4) is 0 Å². The Balaban J connectivity index is 2.03. The monoisotopic (exact) mass is 311 g/mol. The van der Waals surface area contributed by atoms with Crippen molar-refractivity contribution in [3.63, 3.8) is 0 Å². The number of nitrogen functional groups attached to an aromatic ring is 1. The van der Waals surface area contributed by atoms with Gasteiger partial charge < -0.3 is 10.6 Å². The van der Waals surface area contributed by atoms with Crippen LogP contribution in [0.25, 0.3) is 0 Å². The molecule has 1 heterocycles. The van der Waals surface area contributed by atoms with E-state index in [1.807, 2.05) is 24.3 Å². The summed E-state index contributed by atoms with van der Waals surface area (Å²) in [6, 6.07) is 7.86. The van der Waals surface area contributed by atoms with Crippen LogP contribution < -0.4 is 10.6 Å². The third-order valence-electron chi connectivity index (χ3n) is 4.07. The van der Waals surface area contributed by atoms with Crippen LogP contribution in [0.2, 0.25) is 0 Å². The van der Waals surface area contributed by atoms with E-state index in [-0.39, 0.29) is 0 Å². The Kier molecular flexibility index (Phi) is 5.11. The van der Waals surface area contributed by atoms with Gasteiger partial charge in [0.25, 0.3) is 0 Å². The Morgan fingerprint density at radius 1 is 1.33 bits per heavy atom. The van der Waals surface area contributed by atoms with Crippen LogP contribution in [-0.2, 0) is 10.0 Å². The molecule has 2 rings (SSSR count). The van der Waals surface area contributed by atoms with Gasteiger partial charge in [-0.15, -0.1) is 0 Å². The lowest BCUT2D eigenvalue weighted by Crippen LogP contribution is -2.43. The predicted octanol–water partition coefficient (Wildman–Crippen LogP) is 1.77. The van der Waals surface area contributed by atoms with E-state index in [9.17, 15) is 8.42 Å². The van der Waals surface area contributed by atoms with Crippen molar-refractivity contribution in [2.75, 3.05) is 43.1 Å². The quantitative estimate of drug-likeness (QED) is 0.842. The summed E-state index contributed by atoms with van der Waals surface area (Å²) in [5, 5.41) is 0. The summed E-state index contributed by atoms with van der Waals surface area (Å²) in [4.78, 5) is 2.29. The molecule has 1 aliphatic heterocycles. The van der Waals surface area contributed by atoms with Crippen molar-refractivity contribution in [2.45, 2.75) is 19.8 Å². The number of sulfonamides is 1. The molecule has 1 saturated heterocycles. The minimum atomic E-state index is -3.07. The molecule has 1 atom stereocenters. The summed E-state index contributed by atoms with van der Waals surface area (Å²) in [7, 11) is -3.07. The second-order valence-corrected chi connectivity index (χ2v) is 7.74. The highest BCUT2D eigenvalue weighted by Crippen LogP contribution is 2.23. The Morgan fingerprint density at radius 3 is 2.57 bits per heavy atom. The second-order valence-electron chi connectivity index (χ2n) is 5.76. The number of anilines is 2. The molecule has 1 aromatic carbocycles. The molecule has 1 fully saturated rings. The summed E-state index contributed by atoms with van der Waals surface area (Å²) in [6.45, 7) is 5.19. The Labute approximate surface area is 127 Å². The molecule has 0 aliphatic carbocycles. The van der Waals surface area contributed by atoms with Gasteiger partial charge in [-0.1, -0.05) is 0 Å². The highest BCUT2D eigenvalue weighted by atomic mass is 32.2. The molecule has 2 N–H and O–H groups in total. The maximum atomic E-state index is 11.7. The van der Waals surface area contributed by atoms with Gasteiger partial charge in [-0.05, 0) is 49.9 Å². The van der Waals surface area contributed by atoms with E-state index in [4.69, 9.17) is 5.73 Å². The molecule has 0 saturated carbocycles. The smallest absolute Gasteiger partial charge is 0.211 e. The fourth-order valence-corrected chi connectivity index (χ4v) is 3.83. The van der Waals surface area contributed by atoms with E-state index in [0.717, 1.165) is 37.3 Å². The van der Waals surface area contributed by atoms with Crippen molar-refractivity contribution in [1.29, 1.82) is 0 Å². The Morgan fingerprint density at radius 2 is 2.00 bits per heavy atom. The topological polar surface area (TPSA) is 66.6 Å². The van der Waals surface area contributed by atoms with Gasteiger partial charge in [-0.25, -0.2) is 12.7 Å². The number of hydrogen-bond donors (Lipinski definition) is 1. The summed E-state index contributed by atoms with van der Waals surface area (Å²) in [5.74, 6) is 0.381. The number of nitrogens with two attached hydrogens (primary N) is 1. The van der Waals surface area contributed by atoms with Gasteiger partial charge >= 0.3 is 0 Å². The number of piperidine rings is 1. The normalized spacial score (nSPS) is 20.4. The lowest BCUT2D eigenvalue weighted by molar-refractivity contribution is 0.270. The average Bonchev–Trinajstić information content (AvgIpc) is 2.45. The predicted molar refractivity (Wildman–Crippen MR) is 87.9 cm³/mol. The molecule has 1 aromatic rings. The van der Waals surface area contributed by atoms with Crippen LogP contribution in [0.4, 0.5) is 11.4 Å². The fourth-order valence-electron chi connectivity index (χ4n) is 2.89. The first-order valence-electron chi connectivity index (χ1n) is 7.45. The summed E-state index contributed by atoms with van der Waals surface area (Å²) < 4.78 is 25.0. The highest BCUT2D eigenvalue weighted by Gasteiger charge is 2.26. The van der Waals surface area contributed by atoms with Crippen LogP contribution in [0.15, 0.2) is 24.3 Å². The van der Waals surface area contributed by atoms with Crippen molar-refractivity contribution in [2.24, 2.45) is 5.92 Å². The molecular weight excluding hydrogens is 286 g/mol. The van der Waals surface area contributed by atoms with E-state index in [1.165, 1.54) is 6.26 Å². The zero-order chi connectivity index (χ0) is 15.5. The fraction of sp³-hybridized carbons (Fsp3) is 0.600. The van der Waals surface area contributed by atoms with Crippen LogP contribution in [-0.4, -0.2) is 45.2 Å². The molecule has 0 radical (unpaired) electrons. The third kappa shape index (κ3) is 4.35. The molecule has 5 nitrogen and oxygen atoms in total. The first kappa shape index (κ1) is 16.1. The Bertz CT molecular complexity index is 557. The first-order chi connectivity index (χ1) is 9.90. The summed E-state index contributed by atoms with van der Waals surface area (Å²) >= 11 is 0. The van der Waals surface area contributed by atoms with Crippen LogP contribution in [0, 0.1) is 5.92 Å².